The van der Waals surface area contributed by atoms with Gasteiger partial charge in [0.05, 0.1) is 12.8 Å². The van der Waals surface area contributed by atoms with Crippen molar-refractivity contribution in [3.05, 3.63) is 75.2 Å². The molecule has 0 bridgehead atoms. The molecule has 0 aliphatic heterocycles. The molecule has 1 N–H and O–H groups in total. The predicted molar refractivity (Wildman–Crippen MR) is 109 cm³/mol. The van der Waals surface area contributed by atoms with Crippen molar-refractivity contribution in [1.82, 2.24) is 9.97 Å². The van der Waals surface area contributed by atoms with Gasteiger partial charge in [0.25, 0.3) is 0 Å². The summed E-state index contributed by atoms with van der Waals surface area (Å²) in [5.41, 5.74) is 8.30. The molecule has 4 rings (SSSR count). The van der Waals surface area contributed by atoms with Crippen molar-refractivity contribution in [1.29, 1.82) is 0 Å². The summed E-state index contributed by atoms with van der Waals surface area (Å²) in [7, 11) is 1.37. The van der Waals surface area contributed by atoms with Crippen LogP contribution >= 0.6 is 11.3 Å². The van der Waals surface area contributed by atoms with E-state index in [4.69, 9.17) is 4.74 Å². The van der Waals surface area contributed by atoms with Crippen LogP contribution in [0.5, 0.6) is 0 Å². The van der Waals surface area contributed by atoms with Gasteiger partial charge in [0, 0.05) is 34.0 Å². The number of benzene rings is 1. The van der Waals surface area contributed by atoms with E-state index in [9.17, 15) is 4.79 Å². The number of rotatable bonds is 4. The number of thiophene rings is 1. The first-order valence-corrected chi connectivity index (χ1v) is 9.69. The molecule has 0 unspecified atom stereocenters. The largest absolute Gasteiger partial charge is 0.464 e. The average molecular weight is 376 g/mol. The van der Waals surface area contributed by atoms with Gasteiger partial charge in [0.1, 0.15) is 5.69 Å². The molecule has 5 heteroatoms. The monoisotopic (exact) mass is 376 g/mol. The fraction of sp³-hybridized carbons (Fsp3) is 0.182. The van der Waals surface area contributed by atoms with Crippen LogP contribution in [0.1, 0.15) is 32.9 Å². The van der Waals surface area contributed by atoms with Crippen LogP contribution < -0.4 is 0 Å². The molecule has 0 saturated heterocycles. The highest BCUT2D eigenvalue weighted by atomic mass is 32.1. The third-order valence-corrected chi connectivity index (χ3v) is 5.57. The molecule has 0 fully saturated rings. The normalized spacial score (nSPS) is 11.1. The van der Waals surface area contributed by atoms with E-state index in [1.54, 1.807) is 17.4 Å². The van der Waals surface area contributed by atoms with Gasteiger partial charge >= 0.3 is 5.97 Å². The van der Waals surface area contributed by atoms with Gasteiger partial charge in [0.2, 0.25) is 0 Å². The van der Waals surface area contributed by atoms with Gasteiger partial charge in [-0.25, -0.2) is 9.78 Å². The zero-order chi connectivity index (χ0) is 19.0. The third-order valence-electron chi connectivity index (χ3n) is 4.89. The second kappa shape index (κ2) is 7.00. The van der Waals surface area contributed by atoms with Crippen LogP contribution in [-0.4, -0.2) is 23.0 Å². The second-order valence-corrected chi connectivity index (χ2v) is 7.44. The van der Waals surface area contributed by atoms with Crippen LogP contribution in [0.3, 0.4) is 0 Å². The molecule has 3 aromatic heterocycles. The minimum atomic E-state index is -0.416. The number of aromatic nitrogens is 2. The molecule has 0 spiro atoms. The summed E-state index contributed by atoms with van der Waals surface area (Å²) in [6, 6.07) is 12.0. The molecule has 3 heterocycles. The lowest BCUT2D eigenvalue weighted by atomic mass is 9.99. The van der Waals surface area contributed by atoms with E-state index in [0.717, 1.165) is 16.9 Å². The summed E-state index contributed by atoms with van der Waals surface area (Å²) in [5.74, 6) is -0.416. The Hall–Kier alpha value is -2.92. The van der Waals surface area contributed by atoms with Gasteiger partial charge in [-0.3, -0.25) is 0 Å². The standard InChI is InChI=1S/C22H20N2O2S/c1-13-9-17-18(11-16-5-4-6-19(23-16)22(25)26-3)21(15-7-8-27-12-15)24-20(17)10-14(13)2/h4-10,12,24H,11H2,1-3H3. The minimum absolute atomic E-state index is 0.332. The number of nitrogens with zero attached hydrogens (tertiary/aromatic N) is 1. The number of methoxy groups -OCH3 is 1. The van der Waals surface area contributed by atoms with E-state index < -0.39 is 5.97 Å². The van der Waals surface area contributed by atoms with E-state index in [-0.39, 0.29) is 0 Å². The number of aromatic amines is 1. The van der Waals surface area contributed by atoms with Crippen LogP contribution in [0, 0.1) is 13.8 Å². The summed E-state index contributed by atoms with van der Waals surface area (Å²) in [5, 5.41) is 5.42. The number of hydrogen-bond donors (Lipinski definition) is 1. The molecule has 4 aromatic rings. The molecular weight excluding hydrogens is 356 g/mol. The molecule has 0 amide bonds. The lowest BCUT2D eigenvalue weighted by Crippen LogP contribution is -2.06. The van der Waals surface area contributed by atoms with Gasteiger partial charge in [-0.1, -0.05) is 6.07 Å². The number of pyridine rings is 1. The highest BCUT2D eigenvalue weighted by molar-refractivity contribution is 7.08. The molecule has 0 radical (unpaired) electrons. The molecule has 4 nitrogen and oxygen atoms in total. The van der Waals surface area contributed by atoms with Crippen LogP contribution in [-0.2, 0) is 11.2 Å². The van der Waals surface area contributed by atoms with Crippen LogP contribution in [0.15, 0.2) is 47.2 Å². The lowest BCUT2D eigenvalue weighted by molar-refractivity contribution is 0.0593. The quantitative estimate of drug-likeness (QED) is 0.493. The van der Waals surface area contributed by atoms with Crippen molar-refractivity contribution in [2.24, 2.45) is 0 Å². The Morgan fingerprint density at radius 3 is 2.74 bits per heavy atom. The second-order valence-electron chi connectivity index (χ2n) is 6.66. The zero-order valence-electron chi connectivity index (χ0n) is 15.5. The van der Waals surface area contributed by atoms with Crippen molar-refractivity contribution in [2.45, 2.75) is 20.3 Å². The molecular formula is C22H20N2O2S. The maximum atomic E-state index is 11.8. The zero-order valence-corrected chi connectivity index (χ0v) is 16.3. The fourth-order valence-corrected chi connectivity index (χ4v) is 3.97. The number of aryl methyl sites for hydroxylation is 2. The number of ether oxygens (including phenoxy) is 1. The van der Waals surface area contributed by atoms with Gasteiger partial charge in [-0.05, 0) is 66.2 Å². The van der Waals surface area contributed by atoms with Gasteiger partial charge < -0.3 is 9.72 Å². The molecule has 0 aliphatic carbocycles. The van der Waals surface area contributed by atoms with E-state index in [2.05, 4.69) is 52.8 Å². The molecule has 136 valence electrons. The van der Waals surface area contributed by atoms with Crippen LogP contribution in [0.4, 0.5) is 0 Å². The maximum absolute atomic E-state index is 11.8. The number of fused-ring (bicyclic) bond motifs is 1. The van der Waals surface area contributed by atoms with Crippen molar-refractivity contribution < 1.29 is 9.53 Å². The number of nitrogens with one attached hydrogen (secondary N) is 1. The highest BCUT2D eigenvalue weighted by Crippen LogP contribution is 2.34. The number of H-pyrrole nitrogens is 1. The van der Waals surface area contributed by atoms with Crippen molar-refractivity contribution in [3.63, 3.8) is 0 Å². The fourth-order valence-electron chi connectivity index (χ4n) is 3.33. The Morgan fingerprint density at radius 2 is 2.00 bits per heavy atom. The number of carbonyl (C=O) groups excluding carboxylic acids is 1. The highest BCUT2D eigenvalue weighted by Gasteiger charge is 2.16. The van der Waals surface area contributed by atoms with E-state index in [0.29, 0.717) is 12.1 Å². The van der Waals surface area contributed by atoms with E-state index >= 15 is 0 Å². The van der Waals surface area contributed by atoms with Gasteiger partial charge in [-0.2, -0.15) is 11.3 Å². The Morgan fingerprint density at radius 1 is 1.19 bits per heavy atom. The summed E-state index contributed by atoms with van der Waals surface area (Å²) in [6.45, 7) is 4.26. The number of esters is 1. The number of hydrogen-bond acceptors (Lipinski definition) is 4. The Balaban J connectivity index is 1.86. The smallest absolute Gasteiger partial charge is 0.356 e. The predicted octanol–water partition coefficient (Wildman–Crippen LogP) is 5.29. The first-order valence-electron chi connectivity index (χ1n) is 8.75. The molecule has 0 saturated carbocycles. The van der Waals surface area contributed by atoms with Crippen LogP contribution in [0.2, 0.25) is 0 Å². The molecule has 1 aromatic carbocycles. The van der Waals surface area contributed by atoms with Crippen molar-refractivity contribution >= 4 is 28.2 Å². The third kappa shape index (κ3) is 3.26. The summed E-state index contributed by atoms with van der Waals surface area (Å²) >= 11 is 1.68. The summed E-state index contributed by atoms with van der Waals surface area (Å²) < 4.78 is 4.80. The maximum Gasteiger partial charge on any atom is 0.356 e. The first-order chi connectivity index (χ1) is 13.1. The van der Waals surface area contributed by atoms with Crippen molar-refractivity contribution in [3.8, 4) is 11.3 Å². The number of carbonyl (C=O) groups is 1. The Labute approximate surface area is 161 Å². The SMILES string of the molecule is COC(=O)c1cccc(Cc2c(-c3ccsc3)[nH]c3cc(C)c(C)cc23)n1. The van der Waals surface area contributed by atoms with E-state index in [1.807, 2.05) is 12.1 Å². The first kappa shape index (κ1) is 17.5. The molecule has 27 heavy (non-hydrogen) atoms. The topological polar surface area (TPSA) is 55.0 Å². The van der Waals surface area contributed by atoms with Crippen molar-refractivity contribution in [2.75, 3.05) is 7.11 Å². The van der Waals surface area contributed by atoms with Crippen LogP contribution in [0.25, 0.3) is 22.2 Å². The molecule has 0 atom stereocenters. The molecule has 0 aliphatic rings. The Kier molecular flexibility index (Phi) is 4.54. The summed E-state index contributed by atoms with van der Waals surface area (Å²) in [4.78, 5) is 19.9. The average Bonchev–Trinajstić information content (AvgIpc) is 3.31. The Bertz CT molecular complexity index is 1130. The van der Waals surface area contributed by atoms with E-state index in [1.165, 1.54) is 34.7 Å². The minimum Gasteiger partial charge on any atom is -0.464 e. The van der Waals surface area contributed by atoms with Gasteiger partial charge in [-0.15, -0.1) is 0 Å². The van der Waals surface area contributed by atoms with Gasteiger partial charge in [0.15, 0.2) is 0 Å². The summed E-state index contributed by atoms with van der Waals surface area (Å²) in [6.07, 6.45) is 0.637. The lowest BCUT2D eigenvalue weighted by Gasteiger charge is -2.06.